The van der Waals surface area contributed by atoms with E-state index < -0.39 is 0 Å². The van der Waals surface area contributed by atoms with Crippen molar-refractivity contribution in [3.05, 3.63) is 45.4 Å². The fourth-order valence-corrected chi connectivity index (χ4v) is 3.57. The van der Waals surface area contributed by atoms with Gasteiger partial charge in [0.15, 0.2) is 5.96 Å². The summed E-state index contributed by atoms with van der Waals surface area (Å²) in [5, 5.41) is 10.0. The van der Waals surface area contributed by atoms with Crippen LogP contribution in [0.3, 0.4) is 0 Å². The molecular weight excluding hydrogens is 511 g/mol. The topological polar surface area (TPSA) is 67.8 Å². The number of benzene rings is 1. The van der Waals surface area contributed by atoms with Gasteiger partial charge in [0, 0.05) is 42.8 Å². The predicted octanol–water partition coefficient (Wildman–Crippen LogP) is 4.48. The summed E-state index contributed by atoms with van der Waals surface area (Å²) >= 11 is 1.73. The summed E-state index contributed by atoms with van der Waals surface area (Å²) < 4.78 is 11.3. The standard InChI is InChI=1S/C22H34N4O2S.HI/c1-5-23-22(24-11-7-8-21-26-18(4)16-29-21)25-15-19-10-9-17(3)14-20(19)28-13-12-27-6-2;/h9-10,14,16H,5-8,11-13,15H2,1-4H3,(H2,23,24,25);1H. The van der Waals surface area contributed by atoms with Crippen molar-refractivity contribution in [1.82, 2.24) is 15.6 Å². The number of aliphatic imine (C=N–C) groups is 1. The molecule has 1 aromatic heterocycles. The second-order valence-electron chi connectivity index (χ2n) is 6.76. The Morgan fingerprint density at radius 2 is 2.00 bits per heavy atom. The number of rotatable bonds is 12. The molecule has 2 N–H and O–H groups in total. The molecule has 0 aliphatic carbocycles. The molecule has 1 aromatic carbocycles. The van der Waals surface area contributed by atoms with Crippen molar-refractivity contribution >= 4 is 41.3 Å². The molecule has 30 heavy (non-hydrogen) atoms. The van der Waals surface area contributed by atoms with Crippen LogP contribution in [-0.4, -0.2) is 43.9 Å². The van der Waals surface area contributed by atoms with Gasteiger partial charge in [-0.3, -0.25) is 0 Å². The first-order chi connectivity index (χ1) is 14.1. The van der Waals surface area contributed by atoms with Gasteiger partial charge in [-0.15, -0.1) is 35.3 Å². The van der Waals surface area contributed by atoms with Crippen LogP contribution in [0.5, 0.6) is 5.75 Å². The highest BCUT2D eigenvalue weighted by molar-refractivity contribution is 14.0. The third kappa shape index (κ3) is 10.1. The molecule has 0 unspecified atom stereocenters. The van der Waals surface area contributed by atoms with Crippen molar-refractivity contribution in [2.24, 2.45) is 4.99 Å². The summed E-state index contributed by atoms with van der Waals surface area (Å²) in [6, 6.07) is 6.24. The number of hydrogen-bond acceptors (Lipinski definition) is 5. The van der Waals surface area contributed by atoms with Crippen molar-refractivity contribution < 1.29 is 9.47 Å². The predicted molar refractivity (Wildman–Crippen MR) is 137 cm³/mol. The Labute approximate surface area is 201 Å². The lowest BCUT2D eigenvalue weighted by atomic mass is 10.1. The summed E-state index contributed by atoms with van der Waals surface area (Å²) in [5.41, 5.74) is 3.35. The molecule has 0 aliphatic heterocycles. The number of guanidine groups is 1. The number of aromatic nitrogens is 1. The molecule has 0 bridgehead atoms. The maximum absolute atomic E-state index is 5.92. The van der Waals surface area contributed by atoms with Crippen LogP contribution in [0.1, 0.15) is 42.1 Å². The van der Waals surface area contributed by atoms with Crippen molar-refractivity contribution in [3.63, 3.8) is 0 Å². The van der Waals surface area contributed by atoms with E-state index in [2.05, 4.69) is 53.0 Å². The van der Waals surface area contributed by atoms with Crippen LogP contribution in [0.25, 0.3) is 0 Å². The Morgan fingerprint density at radius 3 is 2.70 bits per heavy atom. The summed E-state index contributed by atoms with van der Waals surface area (Å²) in [5.74, 6) is 1.70. The van der Waals surface area contributed by atoms with Crippen LogP contribution >= 0.6 is 35.3 Å². The SMILES string of the molecule is CCNC(=NCc1ccc(C)cc1OCCOCC)NCCCc1nc(C)cs1.I. The van der Waals surface area contributed by atoms with Crippen LogP contribution in [0, 0.1) is 13.8 Å². The van der Waals surface area contributed by atoms with Crippen LogP contribution in [-0.2, 0) is 17.7 Å². The van der Waals surface area contributed by atoms with E-state index >= 15 is 0 Å². The van der Waals surface area contributed by atoms with Crippen LogP contribution in [0.2, 0.25) is 0 Å². The minimum Gasteiger partial charge on any atom is -0.491 e. The number of halogens is 1. The second-order valence-corrected chi connectivity index (χ2v) is 7.71. The van der Waals surface area contributed by atoms with Gasteiger partial charge in [0.25, 0.3) is 0 Å². The van der Waals surface area contributed by atoms with E-state index in [4.69, 9.17) is 14.5 Å². The molecule has 0 saturated carbocycles. The van der Waals surface area contributed by atoms with Crippen molar-refractivity contribution in [1.29, 1.82) is 0 Å². The van der Waals surface area contributed by atoms with E-state index in [1.165, 1.54) is 10.6 Å². The molecule has 0 aliphatic rings. The smallest absolute Gasteiger partial charge is 0.191 e. The number of nitrogens with one attached hydrogen (secondary N) is 2. The van der Waals surface area contributed by atoms with Crippen molar-refractivity contribution in [2.75, 3.05) is 32.9 Å². The van der Waals surface area contributed by atoms with Gasteiger partial charge in [0.05, 0.1) is 18.2 Å². The molecule has 0 spiro atoms. The second kappa shape index (κ2) is 15.4. The maximum atomic E-state index is 5.92. The molecule has 0 fully saturated rings. The highest BCUT2D eigenvalue weighted by Gasteiger charge is 2.06. The quantitative estimate of drug-likeness (QED) is 0.178. The Hall–Kier alpha value is -1.39. The fourth-order valence-electron chi connectivity index (χ4n) is 2.75. The largest absolute Gasteiger partial charge is 0.491 e. The lowest BCUT2D eigenvalue weighted by Crippen LogP contribution is -2.37. The van der Waals surface area contributed by atoms with Gasteiger partial charge in [0.1, 0.15) is 12.4 Å². The van der Waals surface area contributed by atoms with E-state index in [1.54, 1.807) is 11.3 Å². The molecule has 0 atom stereocenters. The average Bonchev–Trinajstić information content (AvgIpc) is 3.12. The molecule has 6 nitrogen and oxygen atoms in total. The number of aryl methyl sites for hydroxylation is 3. The van der Waals surface area contributed by atoms with Gasteiger partial charge in [-0.2, -0.15) is 0 Å². The van der Waals surface area contributed by atoms with E-state index in [0.29, 0.717) is 26.4 Å². The Morgan fingerprint density at radius 1 is 1.17 bits per heavy atom. The summed E-state index contributed by atoms with van der Waals surface area (Å²) in [4.78, 5) is 9.25. The fraction of sp³-hybridized carbons (Fsp3) is 0.545. The molecule has 0 saturated heterocycles. The first-order valence-electron chi connectivity index (χ1n) is 10.4. The number of hydrogen-bond donors (Lipinski definition) is 2. The summed E-state index contributed by atoms with van der Waals surface area (Å²) in [7, 11) is 0. The van der Waals surface area contributed by atoms with E-state index in [0.717, 1.165) is 48.9 Å². The third-order valence-electron chi connectivity index (χ3n) is 4.19. The molecule has 2 aromatic rings. The first kappa shape index (κ1) is 26.6. The van der Waals surface area contributed by atoms with E-state index in [9.17, 15) is 0 Å². The summed E-state index contributed by atoms with van der Waals surface area (Å²) in [6.07, 6.45) is 2.01. The zero-order chi connectivity index (χ0) is 20.9. The summed E-state index contributed by atoms with van der Waals surface area (Å²) in [6.45, 7) is 12.2. The zero-order valence-electron chi connectivity index (χ0n) is 18.5. The molecule has 0 amide bonds. The highest BCUT2D eigenvalue weighted by atomic mass is 127. The molecule has 0 radical (unpaired) electrons. The Balaban J connectivity index is 0.00000450. The minimum atomic E-state index is 0. The van der Waals surface area contributed by atoms with Crippen LogP contribution in [0.15, 0.2) is 28.6 Å². The van der Waals surface area contributed by atoms with Crippen molar-refractivity contribution in [2.45, 2.75) is 47.1 Å². The van der Waals surface area contributed by atoms with Gasteiger partial charge < -0.3 is 20.1 Å². The normalized spacial score (nSPS) is 11.1. The molecule has 8 heteroatoms. The highest BCUT2D eigenvalue weighted by Crippen LogP contribution is 2.21. The van der Waals surface area contributed by atoms with Crippen LogP contribution < -0.4 is 15.4 Å². The van der Waals surface area contributed by atoms with Crippen LogP contribution in [0.4, 0.5) is 0 Å². The van der Waals surface area contributed by atoms with E-state index in [-0.39, 0.29) is 24.0 Å². The molecule has 2 rings (SSSR count). The monoisotopic (exact) mass is 546 g/mol. The van der Waals surface area contributed by atoms with Gasteiger partial charge in [-0.1, -0.05) is 12.1 Å². The molecule has 168 valence electrons. The van der Waals surface area contributed by atoms with Gasteiger partial charge in [-0.25, -0.2) is 9.98 Å². The Kier molecular flexibility index (Phi) is 13.7. The number of thiazole rings is 1. The Bertz CT molecular complexity index is 767. The number of nitrogens with zero attached hydrogens (tertiary/aromatic N) is 2. The third-order valence-corrected chi connectivity index (χ3v) is 5.22. The average molecular weight is 547 g/mol. The first-order valence-corrected chi connectivity index (χ1v) is 11.2. The maximum Gasteiger partial charge on any atom is 0.191 e. The van der Waals surface area contributed by atoms with Gasteiger partial charge in [-0.05, 0) is 45.7 Å². The van der Waals surface area contributed by atoms with Gasteiger partial charge >= 0.3 is 0 Å². The van der Waals surface area contributed by atoms with E-state index in [1.807, 2.05) is 13.8 Å². The molecular formula is C22H35IN4O2S. The van der Waals surface area contributed by atoms with Crippen molar-refractivity contribution in [3.8, 4) is 5.75 Å². The zero-order valence-corrected chi connectivity index (χ0v) is 21.6. The number of ether oxygens (including phenoxy) is 2. The lowest BCUT2D eigenvalue weighted by molar-refractivity contribution is 0.110. The molecule has 1 heterocycles. The minimum absolute atomic E-state index is 0. The lowest BCUT2D eigenvalue weighted by Gasteiger charge is -2.13. The van der Waals surface area contributed by atoms with Gasteiger partial charge in [0.2, 0.25) is 0 Å².